The van der Waals surface area contributed by atoms with E-state index in [9.17, 15) is 8.42 Å². The summed E-state index contributed by atoms with van der Waals surface area (Å²) >= 11 is 0. The summed E-state index contributed by atoms with van der Waals surface area (Å²) in [6.45, 7) is 4.64. The van der Waals surface area contributed by atoms with Crippen LogP contribution in [0.1, 0.15) is 38.1 Å². The molecular formula is C21H30N4O3S. The van der Waals surface area contributed by atoms with E-state index in [2.05, 4.69) is 9.62 Å². The average Bonchev–Trinajstić information content (AvgIpc) is 3.43. The molecule has 2 aromatic rings. The Morgan fingerprint density at radius 3 is 2.55 bits per heavy atom. The van der Waals surface area contributed by atoms with Crippen LogP contribution in [0.25, 0.3) is 11.3 Å². The molecule has 1 aliphatic heterocycles. The summed E-state index contributed by atoms with van der Waals surface area (Å²) in [6, 6.07) is 9.88. The number of nitrogens with zero attached hydrogens (tertiary/aromatic N) is 3. The van der Waals surface area contributed by atoms with Gasteiger partial charge in [0.15, 0.2) is 0 Å². The van der Waals surface area contributed by atoms with Crippen LogP contribution in [0, 0.1) is 0 Å². The van der Waals surface area contributed by atoms with E-state index < -0.39 is 10.0 Å². The Kier molecular flexibility index (Phi) is 6.64. The zero-order valence-corrected chi connectivity index (χ0v) is 17.6. The van der Waals surface area contributed by atoms with Gasteiger partial charge < -0.3 is 4.74 Å². The zero-order valence-electron chi connectivity index (χ0n) is 16.8. The minimum absolute atomic E-state index is 0.280. The SMILES string of the molecule is O=S(=O)(NCCCN1CCOCC1)c1cn(C2CCCC2)nc1-c1ccccc1. The van der Waals surface area contributed by atoms with Gasteiger partial charge in [-0.1, -0.05) is 43.2 Å². The van der Waals surface area contributed by atoms with Crippen LogP contribution in [0.3, 0.4) is 0 Å². The van der Waals surface area contributed by atoms with Gasteiger partial charge in [0.05, 0.1) is 19.3 Å². The summed E-state index contributed by atoms with van der Waals surface area (Å²) in [7, 11) is -3.63. The third-order valence-corrected chi connectivity index (χ3v) is 7.24. The van der Waals surface area contributed by atoms with Gasteiger partial charge in [-0.3, -0.25) is 9.58 Å². The molecule has 0 unspecified atom stereocenters. The first-order valence-electron chi connectivity index (χ1n) is 10.6. The number of rotatable bonds is 8. The van der Waals surface area contributed by atoms with Crippen LogP contribution in [-0.2, 0) is 14.8 Å². The molecule has 29 heavy (non-hydrogen) atoms. The molecule has 2 fully saturated rings. The largest absolute Gasteiger partial charge is 0.379 e. The topological polar surface area (TPSA) is 76.5 Å². The van der Waals surface area contributed by atoms with Gasteiger partial charge in [0.25, 0.3) is 0 Å². The monoisotopic (exact) mass is 418 g/mol. The lowest BCUT2D eigenvalue weighted by molar-refractivity contribution is 0.0376. The van der Waals surface area contributed by atoms with Crippen LogP contribution < -0.4 is 4.72 Å². The van der Waals surface area contributed by atoms with Crippen molar-refractivity contribution in [3.8, 4) is 11.3 Å². The predicted octanol–water partition coefficient (Wildman–Crippen LogP) is 2.67. The van der Waals surface area contributed by atoms with Crippen molar-refractivity contribution in [2.75, 3.05) is 39.4 Å². The van der Waals surface area contributed by atoms with Gasteiger partial charge in [0, 0.05) is 31.4 Å². The van der Waals surface area contributed by atoms with E-state index >= 15 is 0 Å². The third kappa shape index (κ3) is 5.06. The molecular weight excluding hydrogens is 388 g/mol. The lowest BCUT2D eigenvalue weighted by Gasteiger charge is -2.26. The van der Waals surface area contributed by atoms with Crippen molar-refractivity contribution in [1.82, 2.24) is 19.4 Å². The fraction of sp³-hybridized carbons (Fsp3) is 0.571. The lowest BCUT2D eigenvalue weighted by atomic mass is 10.2. The Morgan fingerprint density at radius 2 is 1.83 bits per heavy atom. The van der Waals surface area contributed by atoms with Gasteiger partial charge in [0.2, 0.25) is 10.0 Å². The highest BCUT2D eigenvalue weighted by Gasteiger charge is 2.27. The lowest BCUT2D eigenvalue weighted by Crippen LogP contribution is -2.38. The first-order chi connectivity index (χ1) is 14.1. The molecule has 0 radical (unpaired) electrons. The Hall–Kier alpha value is -1.74. The fourth-order valence-electron chi connectivity index (χ4n) is 4.14. The highest BCUT2D eigenvalue weighted by Crippen LogP contribution is 2.33. The van der Waals surface area contributed by atoms with Crippen molar-refractivity contribution in [3.63, 3.8) is 0 Å². The Bertz CT molecular complexity index is 886. The van der Waals surface area contributed by atoms with Gasteiger partial charge in [-0.25, -0.2) is 13.1 Å². The van der Waals surface area contributed by atoms with E-state index in [4.69, 9.17) is 9.84 Å². The van der Waals surface area contributed by atoms with Crippen LogP contribution in [0.5, 0.6) is 0 Å². The van der Waals surface area contributed by atoms with E-state index in [-0.39, 0.29) is 4.90 Å². The van der Waals surface area contributed by atoms with E-state index in [1.54, 1.807) is 6.20 Å². The van der Waals surface area contributed by atoms with Crippen LogP contribution in [0.2, 0.25) is 0 Å². The number of hydrogen-bond acceptors (Lipinski definition) is 5. The minimum atomic E-state index is -3.63. The molecule has 1 aromatic heterocycles. The molecule has 4 rings (SSSR count). The Labute approximate surface area is 173 Å². The second kappa shape index (κ2) is 9.38. The van der Waals surface area contributed by atoms with Crippen molar-refractivity contribution in [3.05, 3.63) is 36.5 Å². The molecule has 0 bridgehead atoms. The van der Waals surface area contributed by atoms with E-state index in [1.807, 2.05) is 35.0 Å². The predicted molar refractivity (Wildman–Crippen MR) is 112 cm³/mol. The van der Waals surface area contributed by atoms with Gasteiger partial charge in [0.1, 0.15) is 10.6 Å². The standard InChI is InChI=1S/C21H30N4O3S/c26-29(27,22-11-6-12-24-13-15-28-16-14-24)20-17-25(19-9-4-5-10-19)23-21(20)18-7-2-1-3-8-18/h1-3,7-8,17,19,22H,4-6,9-16H2. The molecule has 2 heterocycles. The molecule has 8 heteroatoms. The molecule has 0 amide bonds. The summed E-state index contributed by atoms with van der Waals surface area (Å²) in [5.41, 5.74) is 1.37. The molecule has 0 atom stereocenters. The molecule has 1 saturated heterocycles. The second-order valence-corrected chi connectivity index (χ2v) is 9.57. The first-order valence-corrected chi connectivity index (χ1v) is 12.1. The molecule has 2 aliphatic rings. The summed E-state index contributed by atoms with van der Waals surface area (Å²) in [5, 5.41) is 4.71. The quantitative estimate of drug-likeness (QED) is 0.667. The zero-order chi connectivity index (χ0) is 20.1. The first kappa shape index (κ1) is 20.5. The van der Waals surface area contributed by atoms with Crippen molar-refractivity contribution in [2.45, 2.75) is 43.0 Å². The molecule has 1 saturated carbocycles. The maximum absolute atomic E-state index is 13.1. The van der Waals surface area contributed by atoms with Gasteiger partial charge in [-0.05, 0) is 25.8 Å². The van der Waals surface area contributed by atoms with Gasteiger partial charge in [-0.2, -0.15) is 5.10 Å². The summed E-state index contributed by atoms with van der Waals surface area (Å²) < 4.78 is 36.2. The maximum Gasteiger partial charge on any atom is 0.244 e. The van der Waals surface area contributed by atoms with E-state index in [0.29, 0.717) is 18.3 Å². The highest BCUT2D eigenvalue weighted by molar-refractivity contribution is 7.89. The average molecular weight is 419 g/mol. The summed E-state index contributed by atoms with van der Waals surface area (Å²) in [4.78, 5) is 2.59. The van der Waals surface area contributed by atoms with Gasteiger partial charge >= 0.3 is 0 Å². The summed E-state index contributed by atoms with van der Waals surface area (Å²) in [5.74, 6) is 0. The number of morpholine rings is 1. The van der Waals surface area contributed by atoms with Crippen molar-refractivity contribution >= 4 is 10.0 Å². The van der Waals surface area contributed by atoms with Crippen LogP contribution in [0.4, 0.5) is 0 Å². The number of ether oxygens (including phenoxy) is 1. The van der Waals surface area contributed by atoms with E-state index in [1.165, 1.54) is 12.8 Å². The van der Waals surface area contributed by atoms with Crippen LogP contribution in [-0.4, -0.2) is 62.5 Å². The maximum atomic E-state index is 13.1. The Morgan fingerprint density at radius 1 is 1.10 bits per heavy atom. The molecule has 1 N–H and O–H groups in total. The minimum Gasteiger partial charge on any atom is -0.379 e. The van der Waals surface area contributed by atoms with Crippen molar-refractivity contribution in [1.29, 1.82) is 0 Å². The third-order valence-electron chi connectivity index (χ3n) is 5.78. The fourth-order valence-corrected chi connectivity index (χ4v) is 5.36. The molecule has 158 valence electrons. The normalized spacial score (nSPS) is 19.0. The van der Waals surface area contributed by atoms with Crippen LogP contribution in [0.15, 0.2) is 41.4 Å². The number of sulfonamides is 1. The number of aromatic nitrogens is 2. The van der Waals surface area contributed by atoms with E-state index in [0.717, 1.165) is 57.7 Å². The Balaban J connectivity index is 1.48. The highest BCUT2D eigenvalue weighted by atomic mass is 32.2. The number of nitrogens with one attached hydrogen (secondary N) is 1. The number of hydrogen-bond donors (Lipinski definition) is 1. The van der Waals surface area contributed by atoms with Crippen LogP contribution >= 0.6 is 0 Å². The second-order valence-electron chi connectivity index (χ2n) is 7.83. The van der Waals surface area contributed by atoms with Crippen molar-refractivity contribution in [2.24, 2.45) is 0 Å². The molecule has 1 aromatic carbocycles. The molecule has 1 aliphatic carbocycles. The van der Waals surface area contributed by atoms with Gasteiger partial charge in [-0.15, -0.1) is 0 Å². The molecule has 0 spiro atoms. The number of benzene rings is 1. The smallest absolute Gasteiger partial charge is 0.244 e. The summed E-state index contributed by atoms with van der Waals surface area (Å²) in [6.07, 6.45) is 6.96. The molecule has 7 nitrogen and oxygen atoms in total. The van der Waals surface area contributed by atoms with Crippen molar-refractivity contribution < 1.29 is 13.2 Å².